The molecule has 222 valence electrons. The molecule has 0 saturated carbocycles. The van der Waals surface area contributed by atoms with Crippen molar-refractivity contribution in [3.8, 4) is 5.75 Å². The number of nitrogens with one attached hydrogen (secondary N) is 2. The number of hydrogen-bond donors (Lipinski definition) is 2. The second-order valence-electron chi connectivity index (χ2n) is 10.5. The van der Waals surface area contributed by atoms with Crippen LogP contribution in [0.15, 0.2) is 42.9 Å². The molecule has 0 bridgehead atoms. The number of methoxy groups -OCH3 is 1. The molecule has 1 saturated heterocycles. The third-order valence-corrected chi connectivity index (χ3v) is 8.65. The minimum Gasteiger partial charge on any atom is -0.494 e. The molecule has 0 unspecified atom stereocenters. The zero-order valence-corrected chi connectivity index (χ0v) is 26.6. The lowest BCUT2D eigenvalue weighted by molar-refractivity contribution is 0.249. The fourth-order valence-electron chi connectivity index (χ4n) is 5.37. The lowest BCUT2D eigenvalue weighted by atomic mass is 10.0. The van der Waals surface area contributed by atoms with Gasteiger partial charge in [-0.05, 0) is 57.6 Å². The molecule has 1 fully saturated rings. The van der Waals surface area contributed by atoms with E-state index < -0.39 is 0 Å². The van der Waals surface area contributed by atoms with Crippen LogP contribution in [0.25, 0.3) is 11.0 Å². The third kappa shape index (κ3) is 6.43. The normalized spacial score (nSPS) is 14.0. The first kappa shape index (κ1) is 29.9. The van der Waals surface area contributed by atoms with E-state index in [1.807, 2.05) is 19.2 Å². The lowest BCUT2D eigenvalue weighted by Crippen LogP contribution is -2.42. The first-order valence-corrected chi connectivity index (χ1v) is 15.4. The second kappa shape index (κ2) is 13.2. The molecule has 0 spiro atoms. The van der Waals surface area contributed by atoms with Crippen LogP contribution < -0.4 is 24.6 Å². The SMILES string of the molecule is CCSN(C)c1c(Nc2nc(Nc3cc(C)c(N4CCC(N(C)C)CC4)cc3OC)ncc2Cl)ccc2nccnc12. The molecule has 0 atom stereocenters. The summed E-state index contributed by atoms with van der Waals surface area (Å²) in [5, 5.41) is 7.16. The molecule has 12 heteroatoms. The molecule has 1 aliphatic heterocycles. The van der Waals surface area contributed by atoms with Crippen molar-refractivity contribution >= 4 is 69.1 Å². The molecule has 0 aliphatic carbocycles. The van der Waals surface area contributed by atoms with Gasteiger partial charge in [-0.25, -0.2) is 4.98 Å². The predicted molar refractivity (Wildman–Crippen MR) is 176 cm³/mol. The number of piperidine rings is 1. The third-order valence-electron chi connectivity index (χ3n) is 7.55. The summed E-state index contributed by atoms with van der Waals surface area (Å²) in [4.78, 5) is 23.0. The summed E-state index contributed by atoms with van der Waals surface area (Å²) in [5.41, 5.74) is 6.46. The van der Waals surface area contributed by atoms with E-state index in [-0.39, 0.29) is 0 Å². The van der Waals surface area contributed by atoms with E-state index in [0.29, 0.717) is 22.8 Å². The van der Waals surface area contributed by atoms with Crippen LogP contribution in [0.2, 0.25) is 5.02 Å². The number of ether oxygens (including phenoxy) is 1. The van der Waals surface area contributed by atoms with Gasteiger partial charge in [0, 0.05) is 56.1 Å². The van der Waals surface area contributed by atoms with Gasteiger partial charge in [0.1, 0.15) is 16.3 Å². The van der Waals surface area contributed by atoms with E-state index in [0.717, 1.165) is 71.1 Å². The topological polar surface area (TPSA) is 94.6 Å². The van der Waals surface area contributed by atoms with Gasteiger partial charge in [-0.15, -0.1) is 0 Å². The molecule has 2 aromatic heterocycles. The van der Waals surface area contributed by atoms with Crippen LogP contribution in [0.1, 0.15) is 25.3 Å². The minimum absolute atomic E-state index is 0.399. The Morgan fingerprint density at radius 2 is 1.81 bits per heavy atom. The van der Waals surface area contributed by atoms with Gasteiger partial charge in [-0.3, -0.25) is 9.97 Å². The summed E-state index contributed by atoms with van der Waals surface area (Å²) in [5.74, 6) is 2.51. The van der Waals surface area contributed by atoms with Gasteiger partial charge in [-0.1, -0.05) is 30.5 Å². The highest BCUT2D eigenvalue weighted by Gasteiger charge is 2.23. The maximum atomic E-state index is 6.59. The standard InChI is InChI=1S/C30H38ClN9OS/c1-7-42-39(5)28-23(9-8-22-27(28)33-13-12-32-22)35-29-21(31)18-34-30(37-29)36-24-16-19(2)25(17-26(24)41-6)40-14-10-20(11-15-40)38(3)4/h8-9,12-13,16-18,20H,7,10-11,14-15H2,1-6H3,(H2,34,35,36,37). The highest BCUT2D eigenvalue weighted by atomic mass is 35.5. The average Bonchev–Trinajstić information content (AvgIpc) is 2.99. The number of benzene rings is 2. The fourth-order valence-corrected chi connectivity index (χ4v) is 6.21. The van der Waals surface area contributed by atoms with Gasteiger partial charge in [0.15, 0.2) is 5.82 Å². The number of halogens is 1. The van der Waals surface area contributed by atoms with Crippen LogP contribution >= 0.6 is 23.5 Å². The quantitative estimate of drug-likeness (QED) is 0.193. The Morgan fingerprint density at radius 1 is 1.05 bits per heavy atom. The summed E-state index contributed by atoms with van der Waals surface area (Å²) in [6.07, 6.45) is 7.27. The van der Waals surface area contributed by atoms with Crippen molar-refractivity contribution in [2.45, 2.75) is 32.7 Å². The van der Waals surface area contributed by atoms with E-state index in [1.165, 1.54) is 5.69 Å². The van der Waals surface area contributed by atoms with Crippen LogP contribution in [0.3, 0.4) is 0 Å². The Bertz CT molecular complexity index is 1550. The number of nitrogens with zero attached hydrogens (tertiary/aromatic N) is 7. The molecule has 0 radical (unpaired) electrons. The number of aryl methyl sites for hydroxylation is 1. The summed E-state index contributed by atoms with van der Waals surface area (Å²) in [6.45, 7) is 6.27. The maximum absolute atomic E-state index is 6.59. The summed E-state index contributed by atoms with van der Waals surface area (Å²) in [7, 11) is 8.02. The maximum Gasteiger partial charge on any atom is 0.229 e. The molecule has 3 heterocycles. The molecule has 42 heavy (non-hydrogen) atoms. The van der Waals surface area contributed by atoms with Crippen molar-refractivity contribution in [1.82, 2.24) is 24.8 Å². The van der Waals surface area contributed by atoms with E-state index >= 15 is 0 Å². The van der Waals surface area contributed by atoms with Crippen molar-refractivity contribution in [3.63, 3.8) is 0 Å². The van der Waals surface area contributed by atoms with Gasteiger partial charge in [-0.2, -0.15) is 4.98 Å². The summed E-state index contributed by atoms with van der Waals surface area (Å²) in [6, 6.07) is 8.72. The van der Waals surface area contributed by atoms with Crippen molar-refractivity contribution in [1.29, 1.82) is 0 Å². The Labute approximate surface area is 257 Å². The Balaban J connectivity index is 1.41. The second-order valence-corrected chi connectivity index (χ2v) is 12.3. The highest BCUT2D eigenvalue weighted by Crippen LogP contribution is 2.39. The molecule has 5 rings (SSSR count). The minimum atomic E-state index is 0.399. The van der Waals surface area contributed by atoms with Crippen LogP contribution in [0.5, 0.6) is 5.75 Å². The van der Waals surface area contributed by atoms with Crippen LogP contribution in [-0.4, -0.2) is 78.0 Å². The predicted octanol–water partition coefficient (Wildman–Crippen LogP) is 6.51. The van der Waals surface area contributed by atoms with E-state index in [4.69, 9.17) is 21.3 Å². The Kier molecular flexibility index (Phi) is 9.40. The van der Waals surface area contributed by atoms with Gasteiger partial charge in [0.25, 0.3) is 0 Å². The van der Waals surface area contributed by atoms with Crippen LogP contribution in [0.4, 0.5) is 34.5 Å². The van der Waals surface area contributed by atoms with Gasteiger partial charge >= 0.3 is 0 Å². The van der Waals surface area contributed by atoms with Crippen molar-refractivity contribution in [3.05, 3.63) is 53.4 Å². The van der Waals surface area contributed by atoms with Crippen molar-refractivity contribution in [2.75, 3.05) is 66.9 Å². The number of hydrogen-bond acceptors (Lipinski definition) is 11. The molecular weight excluding hydrogens is 570 g/mol. The van der Waals surface area contributed by atoms with Crippen molar-refractivity contribution in [2.24, 2.45) is 0 Å². The monoisotopic (exact) mass is 607 g/mol. The molecular formula is C30H38ClN9OS. The van der Waals surface area contributed by atoms with Crippen molar-refractivity contribution < 1.29 is 4.74 Å². The fraction of sp³-hybridized carbons (Fsp3) is 0.400. The number of fused-ring (bicyclic) bond motifs is 1. The molecule has 2 N–H and O–H groups in total. The summed E-state index contributed by atoms with van der Waals surface area (Å²) < 4.78 is 7.89. The smallest absolute Gasteiger partial charge is 0.229 e. The Hall–Kier alpha value is -3.54. The van der Waals surface area contributed by atoms with Crippen LogP contribution in [-0.2, 0) is 0 Å². The zero-order valence-electron chi connectivity index (χ0n) is 25.0. The average molecular weight is 608 g/mol. The highest BCUT2D eigenvalue weighted by molar-refractivity contribution is 8.00. The number of rotatable bonds is 10. The zero-order chi connectivity index (χ0) is 29.8. The first-order chi connectivity index (χ1) is 20.3. The van der Waals surface area contributed by atoms with Gasteiger partial charge in [0.2, 0.25) is 5.95 Å². The Morgan fingerprint density at radius 3 is 2.52 bits per heavy atom. The lowest BCUT2D eigenvalue weighted by Gasteiger charge is -2.37. The largest absolute Gasteiger partial charge is 0.494 e. The van der Waals surface area contributed by atoms with E-state index in [1.54, 1.807) is 37.6 Å². The molecule has 4 aromatic rings. The molecule has 1 aliphatic rings. The van der Waals surface area contributed by atoms with E-state index in [2.05, 4.69) is 79.8 Å². The molecule has 2 aromatic carbocycles. The number of anilines is 6. The first-order valence-electron chi connectivity index (χ1n) is 14.1. The molecule has 10 nitrogen and oxygen atoms in total. The molecule has 0 amide bonds. The van der Waals surface area contributed by atoms with Crippen LogP contribution in [0, 0.1) is 6.92 Å². The van der Waals surface area contributed by atoms with Gasteiger partial charge < -0.3 is 29.5 Å². The van der Waals surface area contributed by atoms with E-state index in [9.17, 15) is 0 Å². The van der Waals surface area contributed by atoms with Gasteiger partial charge in [0.05, 0.1) is 35.9 Å². The summed E-state index contributed by atoms with van der Waals surface area (Å²) >= 11 is 8.26. The number of aromatic nitrogens is 4.